The Bertz CT molecular complexity index is 1120. The van der Waals surface area contributed by atoms with Crippen molar-refractivity contribution in [3.05, 3.63) is 59.2 Å². The second-order valence-electron chi connectivity index (χ2n) is 11.0. The number of hydrogen-bond acceptors (Lipinski definition) is 6. The number of nitrogens with zero attached hydrogens (tertiary/aromatic N) is 1. The van der Waals surface area contributed by atoms with Crippen molar-refractivity contribution >= 4 is 36.2 Å². The molecule has 0 aliphatic heterocycles. The summed E-state index contributed by atoms with van der Waals surface area (Å²) in [5.41, 5.74) is 1.20. The minimum atomic E-state index is -1.12. The molecule has 0 bridgehead atoms. The summed E-state index contributed by atoms with van der Waals surface area (Å²) < 4.78 is 5.33. The van der Waals surface area contributed by atoms with E-state index in [4.69, 9.17) is 4.74 Å². The number of nitrogens with one attached hydrogen (secondary N) is 2. The lowest BCUT2D eigenvalue weighted by Gasteiger charge is -2.43. The molecule has 2 aromatic rings. The van der Waals surface area contributed by atoms with Gasteiger partial charge in [-0.1, -0.05) is 30.3 Å². The van der Waals surface area contributed by atoms with E-state index < -0.39 is 41.1 Å². The number of carbonyl (C=O) groups excluding carboxylic acids is 3. The van der Waals surface area contributed by atoms with E-state index in [0.29, 0.717) is 11.3 Å². The predicted octanol–water partition coefficient (Wildman–Crippen LogP) is 5.14. The summed E-state index contributed by atoms with van der Waals surface area (Å²) in [5, 5.41) is 15.8. The maximum Gasteiger partial charge on any atom is 0.408 e. The molecule has 37 heavy (non-hydrogen) atoms. The van der Waals surface area contributed by atoms with E-state index in [1.54, 1.807) is 53.7 Å². The van der Waals surface area contributed by atoms with Crippen molar-refractivity contribution in [2.75, 3.05) is 11.1 Å². The Morgan fingerprint density at radius 3 is 2.05 bits per heavy atom. The first-order valence-corrected chi connectivity index (χ1v) is 12.8. The number of carbonyl (C=O) groups is 3. The van der Waals surface area contributed by atoms with E-state index in [0.717, 1.165) is 11.1 Å². The third-order valence-electron chi connectivity index (χ3n) is 5.55. The Balaban J connectivity index is 2.57. The van der Waals surface area contributed by atoms with Gasteiger partial charge in [0.2, 0.25) is 5.91 Å². The fourth-order valence-electron chi connectivity index (χ4n) is 3.96. The lowest BCUT2D eigenvalue weighted by atomic mass is 9.95. The minimum absolute atomic E-state index is 0.0179. The molecular weight excluding hydrogens is 490 g/mol. The van der Waals surface area contributed by atoms with Gasteiger partial charge in [0.15, 0.2) is 0 Å². The molecule has 8 nitrogen and oxygen atoms in total. The first-order valence-electron chi connectivity index (χ1n) is 12.1. The molecule has 0 radical (unpaired) electrons. The average Bonchev–Trinajstić information content (AvgIpc) is 2.75. The monoisotopic (exact) mass is 529 g/mol. The molecule has 9 heteroatoms. The summed E-state index contributed by atoms with van der Waals surface area (Å²) in [5.74, 6) is -1.03. The van der Waals surface area contributed by atoms with Crippen molar-refractivity contribution in [3.63, 3.8) is 0 Å². The van der Waals surface area contributed by atoms with E-state index in [9.17, 15) is 19.5 Å². The van der Waals surface area contributed by atoms with Crippen molar-refractivity contribution in [1.82, 2.24) is 10.2 Å². The molecule has 0 aliphatic carbocycles. The summed E-state index contributed by atoms with van der Waals surface area (Å²) in [6.07, 6.45) is -0.761. The van der Waals surface area contributed by atoms with Crippen LogP contribution in [-0.2, 0) is 14.3 Å². The highest BCUT2D eigenvalue weighted by molar-refractivity contribution is 7.80. The zero-order chi connectivity index (χ0) is 28.1. The van der Waals surface area contributed by atoms with Crippen LogP contribution in [0.4, 0.5) is 10.5 Å². The summed E-state index contributed by atoms with van der Waals surface area (Å²) in [6, 6.07) is 9.73. The number of para-hydroxylation sites is 1. The molecule has 3 N–H and O–H groups in total. The lowest BCUT2D eigenvalue weighted by molar-refractivity contribution is -0.146. The van der Waals surface area contributed by atoms with Crippen molar-refractivity contribution in [2.45, 2.75) is 78.6 Å². The maximum absolute atomic E-state index is 14.0. The largest absolute Gasteiger partial charge is 0.508 e. The second-order valence-corrected chi connectivity index (χ2v) is 11.4. The number of phenols is 1. The fraction of sp³-hybridized carbons (Fsp3) is 0.464. The Morgan fingerprint density at radius 2 is 1.57 bits per heavy atom. The number of anilines is 1. The third-order valence-corrected chi connectivity index (χ3v) is 5.92. The Kier molecular flexibility index (Phi) is 9.66. The van der Waals surface area contributed by atoms with E-state index in [-0.39, 0.29) is 11.5 Å². The number of rotatable bonds is 7. The number of thiol groups is 1. The molecule has 3 amide bonds. The molecule has 0 saturated carbocycles. The molecule has 0 aromatic heterocycles. The maximum atomic E-state index is 14.0. The topological polar surface area (TPSA) is 108 Å². The molecule has 2 atom stereocenters. The quantitative estimate of drug-likeness (QED) is 0.372. The normalized spacial score (nSPS) is 13.3. The van der Waals surface area contributed by atoms with Gasteiger partial charge >= 0.3 is 6.09 Å². The van der Waals surface area contributed by atoms with Crippen LogP contribution in [0.25, 0.3) is 0 Å². The highest BCUT2D eigenvalue weighted by Crippen LogP contribution is 2.33. The Hall–Kier alpha value is -3.20. The molecule has 2 unspecified atom stereocenters. The summed E-state index contributed by atoms with van der Waals surface area (Å²) in [7, 11) is 0. The van der Waals surface area contributed by atoms with Crippen LogP contribution >= 0.6 is 12.6 Å². The zero-order valence-corrected chi connectivity index (χ0v) is 23.8. The predicted molar refractivity (Wildman–Crippen MR) is 149 cm³/mol. The van der Waals surface area contributed by atoms with Crippen LogP contribution in [-0.4, -0.2) is 50.8 Å². The molecular formula is C28H39N3O5S. The SMILES string of the molecule is Cc1cccc(C)c1NC(=O)C(c1cccc(O)c1)N(C(=O)C(CS)NC(=O)OC(C)(C)C)C(C)(C)C. The van der Waals surface area contributed by atoms with Gasteiger partial charge in [0, 0.05) is 17.0 Å². The number of benzene rings is 2. The van der Waals surface area contributed by atoms with Crippen LogP contribution in [0.3, 0.4) is 0 Å². The third kappa shape index (κ3) is 8.15. The van der Waals surface area contributed by atoms with Gasteiger partial charge in [0.05, 0.1) is 0 Å². The molecule has 0 heterocycles. The number of amides is 3. The van der Waals surface area contributed by atoms with Crippen molar-refractivity contribution < 1.29 is 24.2 Å². The highest BCUT2D eigenvalue weighted by Gasteiger charge is 2.42. The van der Waals surface area contributed by atoms with Crippen molar-refractivity contribution in [1.29, 1.82) is 0 Å². The fourth-order valence-corrected chi connectivity index (χ4v) is 4.21. The van der Waals surface area contributed by atoms with Crippen LogP contribution in [0.1, 0.15) is 64.3 Å². The van der Waals surface area contributed by atoms with Gasteiger partial charge < -0.3 is 25.4 Å². The summed E-state index contributed by atoms with van der Waals surface area (Å²) in [4.78, 5) is 41.8. The number of hydrogen-bond donors (Lipinski definition) is 4. The summed E-state index contributed by atoms with van der Waals surface area (Å²) >= 11 is 4.30. The van der Waals surface area contributed by atoms with E-state index in [1.165, 1.54) is 17.0 Å². The Morgan fingerprint density at radius 1 is 1.00 bits per heavy atom. The van der Waals surface area contributed by atoms with Gasteiger partial charge in [-0.05, 0) is 84.2 Å². The first kappa shape index (κ1) is 30.0. The van der Waals surface area contributed by atoms with Crippen LogP contribution < -0.4 is 10.6 Å². The number of alkyl carbamates (subject to hydrolysis) is 1. The number of aromatic hydroxyl groups is 1. The molecule has 0 saturated heterocycles. The zero-order valence-electron chi connectivity index (χ0n) is 22.9. The highest BCUT2D eigenvalue weighted by atomic mass is 32.1. The van der Waals surface area contributed by atoms with Gasteiger partial charge in [0.25, 0.3) is 5.91 Å². The molecule has 2 aromatic carbocycles. The van der Waals surface area contributed by atoms with E-state index >= 15 is 0 Å². The van der Waals surface area contributed by atoms with Crippen LogP contribution in [0.5, 0.6) is 5.75 Å². The number of aryl methyl sites for hydroxylation is 2. The summed E-state index contributed by atoms with van der Waals surface area (Å²) in [6.45, 7) is 14.4. The molecule has 202 valence electrons. The van der Waals surface area contributed by atoms with Gasteiger partial charge in [-0.25, -0.2) is 4.79 Å². The average molecular weight is 530 g/mol. The van der Waals surface area contributed by atoms with Crippen molar-refractivity contribution in [3.8, 4) is 5.75 Å². The molecule has 2 rings (SSSR count). The second kappa shape index (κ2) is 11.9. The lowest BCUT2D eigenvalue weighted by Crippen LogP contribution is -2.58. The molecule has 0 spiro atoms. The van der Waals surface area contributed by atoms with Crippen LogP contribution in [0, 0.1) is 13.8 Å². The molecule has 0 fully saturated rings. The van der Waals surface area contributed by atoms with Gasteiger partial charge in [-0.15, -0.1) is 0 Å². The minimum Gasteiger partial charge on any atom is -0.508 e. The van der Waals surface area contributed by atoms with Crippen LogP contribution in [0.2, 0.25) is 0 Å². The number of ether oxygens (including phenoxy) is 1. The standard InChI is InChI=1S/C28H39N3O5S/c1-17-11-9-12-18(2)22(17)30-24(33)23(19-13-10-14-20(32)15-19)31(27(3,4)5)25(34)21(16-37)29-26(35)36-28(6,7)8/h9-15,21,23,32,37H,16H2,1-8H3,(H,29,35)(H,30,33). The number of phenolic OH excluding ortho intramolecular Hbond substituents is 1. The van der Waals surface area contributed by atoms with E-state index in [2.05, 4.69) is 23.3 Å². The van der Waals surface area contributed by atoms with Gasteiger partial charge in [0.1, 0.15) is 23.4 Å². The Labute approximate surface area is 225 Å². The molecule has 0 aliphatic rings. The van der Waals surface area contributed by atoms with Crippen LogP contribution in [0.15, 0.2) is 42.5 Å². The van der Waals surface area contributed by atoms with Gasteiger partial charge in [-0.2, -0.15) is 12.6 Å². The van der Waals surface area contributed by atoms with Gasteiger partial charge in [-0.3, -0.25) is 9.59 Å². The van der Waals surface area contributed by atoms with E-state index in [1.807, 2.05) is 32.0 Å². The smallest absolute Gasteiger partial charge is 0.408 e. The van der Waals surface area contributed by atoms with Crippen molar-refractivity contribution in [2.24, 2.45) is 0 Å². The first-order chi connectivity index (χ1) is 17.0.